The zero-order valence-corrected chi connectivity index (χ0v) is 10.5. The summed E-state index contributed by atoms with van der Waals surface area (Å²) in [6.07, 6.45) is 0. The molecule has 1 saturated carbocycles. The summed E-state index contributed by atoms with van der Waals surface area (Å²) in [5, 5.41) is 0. The summed E-state index contributed by atoms with van der Waals surface area (Å²) in [5.74, 6) is 2.77. The molecule has 0 spiro atoms. The highest BCUT2D eigenvalue weighted by Gasteiger charge is 2.66. The van der Waals surface area contributed by atoms with Crippen LogP contribution in [0.3, 0.4) is 0 Å². The van der Waals surface area contributed by atoms with E-state index in [2.05, 4.69) is 46.4 Å². The molecule has 0 aromatic heterocycles. The third-order valence-corrected chi connectivity index (χ3v) is 4.64. The lowest BCUT2D eigenvalue weighted by Gasteiger charge is -2.36. The van der Waals surface area contributed by atoms with Gasteiger partial charge in [-0.15, -0.1) is 0 Å². The number of rotatable bonds is 2. The number of fused-ring (bicyclic) bond motifs is 1. The number of likely N-dealkylation sites (tertiary alicyclic amines) is 1. The van der Waals surface area contributed by atoms with E-state index in [9.17, 15) is 0 Å². The molecule has 0 aromatic carbocycles. The molecule has 2 rings (SSSR count). The Morgan fingerprint density at radius 1 is 1.14 bits per heavy atom. The molecule has 2 unspecified atom stereocenters. The predicted molar refractivity (Wildman–Crippen MR) is 61.2 cm³/mol. The average Bonchev–Trinajstić information content (AvgIpc) is 2.47. The number of nitrogens with zero attached hydrogens (tertiary/aromatic N) is 1. The van der Waals surface area contributed by atoms with E-state index in [1.54, 1.807) is 0 Å². The van der Waals surface area contributed by atoms with Crippen LogP contribution in [0.25, 0.3) is 0 Å². The van der Waals surface area contributed by atoms with Crippen molar-refractivity contribution in [1.29, 1.82) is 0 Å². The maximum atomic E-state index is 2.73. The zero-order valence-electron chi connectivity index (χ0n) is 10.5. The van der Waals surface area contributed by atoms with E-state index in [4.69, 9.17) is 0 Å². The van der Waals surface area contributed by atoms with Gasteiger partial charge >= 0.3 is 0 Å². The third kappa shape index (κ3) is 1.25. The van der Waals surface area contributed by atoms with E-state index in [-0.39, 0.29) is 0 Å². The van der Waals surface area contributed by atoms with Crippen molar-refractivity contribution >= 4 is 0 Å². The molecule has 0 amide bonds. The summed E-state index contributed by atoms with van der Waals surface area (Å²) < 4.78 is 0. The van der Waals surface area contributed by atoms with Crippen molar-refractivity contribution in [2.24, 2.45) is 23.2 Å². The molecule has 2 fully saturated rings. The van der Waals surface area contributed by atoms with Crippen LogP contribution in [0, 0.1) is 23.2 Å². The summed E-state index contributed by atoms with van der Waals surface area (Å²) in [6, 6.07) is 1.57. The Kier molecular flexibility index (Phi) is 2.23. The van der Waals surface area contributed by atoms with Crippen molar-refractivity contribution in [3.05, 3.63) is 0 Å². The molecule has 1 nitrogen and oxygen atoms in total. The average molecular weight is 195 g/mol. The van der Waals surface area contributed by atoms with Gasteiger partial charge in [-0.1, -0.05) is 27.7 Å². The molecule has 2 aliphatic rings. The molecule has 0 N–H and O–H groups in total. The van der Waals surface area contributed by atoms with Gasteiger partial charge in [0.05, 0.1) is 0 Å². The molecule has 14 heavy (non-hydrogen) atoms. The lowest BCUT2D eigenvalue weighted by Crippen LogP contribution is -2.43. The van der Waals surface area contributed by atoms with Crippen molar-refractivity contribution in [3.8, 4) is 0 Å². The predicted octanol–water partition coefficient (Wildman–Crippen LogP) is 3.01. The van der Waals surface area contributed by atoms with Gasteiger partial charge in [-0.2, -0.15) is 0 Å². The molecule has 82 valence electrons. The maximum Gasteiger partial charge on any atom is 0.0158 e. The van der Waals surface area contributed by atoms with Crippen molar-refractivity contribution in [1.82, 2.24) is 4.90 Å². The zero-order chi connectivity index (χ0) is 10.7. The summed E-state index contributed by atoms with van der Waals surface area (Å²) in [4.78, 5) is 2.73. The number of hydrogen-bond donors (Lipinski definition) is 0. The SMILES string of the molecule is CC(C)[C@@H]1C2C(CN1C(C)C)C2(C)C. The van der Waals surface area contributed by atoms with Crippen LogP contribution in [0.2, 0.25) is 0 Å². The van der Waals surface area contributed by atoms with E-state index >= 15 is 0 Å². The van der Waals surface area contributed by atoms with Crippen LogP contribution in [0.5, 0.6) is 0 Å². The van der Waals surface area contributed by atoms with E-state index in [0.29, 0.717) is 5.41 Å². The Bertz CT molecular complexity index is 227. The van der Waals surface area contributed by atoms with Crippen LogP contribution < -0.4 is 0 Å². The van der Waals surface area contributed by atoms with Crippen molar-refractivity contribution in [3.63, 3.8) is 0 Å². The molecule has 1 heterocycles. The minimum Gasteiger partial charge on any atom is -0.297 e. The fourth-order valence-corrected chi connectivity index (χ4v) is 3.72. The Balaban J connectivity index is 2.15. The quantitative estimate of drug-likeness (QED) is 0.654. The summed E-state index contributed by atoms with van der Waals surface area (Å²) in [6.45, 7) is 15.7. The van der Waals surface area contributed by atoms with E-state index in [1.807, 2.05) is 0 Å². The molecule has 1 saturated heterocycles. The fraction of sp³-hybridized carbons (Fsp3) is 1.00. The number of piperidine rings is 1. The van der Waals surface area contributed by atoms with Crippen LogP contribution in [0.15, 0.2) is 0 Å². The summed E-state index contributed by atoms with van der Waals surface area (Å²) in [7, 11) is 0. The van der Waals surface area contributed by atoms with Gasteiger partial charge in [-0.25, -0.2) is 0 Å². The Labute approximate surface area is 88.9 Å². The van der Waals surface area contributed by atoms with Crippen LogP contribution in [0.1, 0.15) is 41.5 Å². The summed E-state index contributed by atoms with van der Waals surface area (Å²) >= 11 is 0. The summed E-state index contributed by atoms with van der Waals surface area (Å²) in [5.41, 5.74) is 0.639. The monoisotopic (exact) mass is 195 g/mol. The highest BCUT2D eigenvalue weighted by atomic mass is 15.2. The minimum absolute atomic E-state index is 0.639. The van der Waals surface area contributed by atoms with Gasteiger partial charge in [0, 0.05) is 18.6 Å². The first-order valence-electron chi connectivity index (χ1n) is 6.13. The normalized spacial score (nSPS) is 40.7. The Morgan fingerprint density at radius 2 is 1.71 bits per heavy atom. The second-order valence-electron chi connectivity index (χ2n) is 6.48. The van der Waals surface area contributed by atoms with E-state index < -0.39 is 0 Å². The first-order chi connectivity index (χ1) is 6.37. The number of hydrogen-bond acceptors (Lipinski definition) is 1. The molecular formula is C13H25N. The second-order valence-corrected chi connectivity index (χ2v) is 6.48. The fourth-order valence-electron chi connectivity index (χ4n) is 3.72. The molecule has 0 aromatic rings. The topological polar surface area (TPSA) is 3.24 Å². The molecule has 0 bridgehead atoms. The van der Waals surface area contributed by atoms with Crippen LogP contribution in [0.4, 0.5) is 0 Å². The lowest BCUT2D eigenvalue weighted by atomic mass is 9.92. The van der Waals surface area contributed by atoms with Crippen LogP contribution >= 0.6 is 0 Å². The van der Waals surface area contributed by atoms with Gasteiger partial charge in [-0.05, 0) is 37.0 Å². The van der Waals surface area contributed by atoms with E-state index in [0.717, 1.165) is 29.8 Å². The van der Waals surface area contributed by atoms with Gasteiger partial charge < -0.3 is 0 Å². The van der Waals surface area contributed by atoms with Crippen molar-refractivity contribution in [2.75, 3.05) is 6.54 Å². The third-order valence-electron chi connectivity index (χ3n) is 4.64. The van der Waals surface area contributed by atoms with Gasteiger partial charge in [0.25, 0.3) is 0 Å². The van der Waals surface area contributed by atoms with Gasteiger partial charge in [0.15, 0.2) is 0 Å². The molecular weight excluding hydrogens is 170 g/mol. The largest absolute Gasteiger partial charge is 0.297 e. The highest BCUT2D eigenvalue weighted by Crippen LogP contribution is 2.66. The van der Waals surface area contributed by atoms with Gasteiger partial charge in [0.2, 0.25) is 0 Å². The second kappa shape index (κ2) is 2.98. The molecule has 3 atom stereocenters. The lowest BCUT2D eigenvalue weighted by molar-refractivity contribution is 0.111. The Hall–Kier alpha value is -0.0400. The first kappa shape index (κ1) is 10.5. The van der Waals surface area contributed by atoms with Gasteiger partial charge in [-0.3, -0.25) is 4.90 Å². The van der Waals surface area contributed by atoms with Crippen LogP contribution in [-0.2, 0) is 0 Å². The molecule has 1 aliphatic heterocycles. The molecule has 0 radical (unpaired) electrons. The van der Waals surface area contributed by atoms with Crippen LogP contribution in [-0.4, -0.2) is 23.5 Å². The molecule has 1 aliphatic carbocycles. The Morgan fingerprint density at radius 3 is 2.14 bits per heavy atom. The van der Waals surface area contributed by atoms with E-state index in [1.165, 1.54) is 6.54 Å². The highest BCUT2D eigenvalue weighted by molar-refractivity contribution is 5.17. The standard InChI is InChI=1S/C13H25N/c1-8(2)12-11-10(13(11,5)6)7-14(12)9(3)4/h8-12H,7H2,1-6H3/t10?,11?,12-/m1/s1. The van der Waals surface area contributed by atoms with Crippen molar-refractivity contribution in [2.45, 2.75) is 53.6 Å². The smallest absolute Gasteiger partial charge is 0.0158 e. The van der Waals surface area contributed by atoms with Gasteiger partial charge in [0.1, 0.15) is 0 Å². The first-order valence-corrected chi connectivity index (χ1v) is 6.13. The minimum atomic E-state index is 0.639. The maximum absolute atomic E-state index is 2.73. The van der Waals surface area contributed by atoms with Crippen molar-refractivity contribution < 1.29 is 0 Å². The molecule has 1 heteroatoms.